The van der Waals surface area contributed by atoms with Crippen molar-refractivity contribution in [2.45, 2.75) is 25.1 Å². The number of nitrogens with two attached hydrogens (primary N) is 1. The summed E-state index contributed by atoms with van der Waals surface area (Å²) in [5.74, 6) is 1.17. The van der Waals surface area contributed by atoms with Gasteiger partial charge in [0.1, 0.15) is 6.33 Å². The van der Waals surface area contributed by atoms with Gasteiger partial charge in [-0.1, -0.05) is 6.92 Å². The fourth-order valence-electron chi connectivity index (χ4n) is 2.00. The second kappa shape index (κ2) is 4.97. The first-order chi connectivity index (χ1) is 8.52. The Balaban J connectivity index is 2.44. The lowest BCUT2D eigenvalue weighted by molar-refractivity contribution is -0.383. The van der Waals surface area contributed by atoms with E-state index >= 15 is 0 Å². The molecule has 0 saturated carbocycles. The van der Waals surface area contributed by atoms with Crippen LogP contribution in [0.15, 0.2) is 6.33 Å². The molecule has 2 rings (SSSR count). The van der Waals surface area contributed by atoms with Crippen LogP contribution < -0.4 is 10.6 Å². The van der Waals surface area contributed by atoms with Gasteiger partial charge in [-0.05, 0) is 6.92 Å². The minimum absolute atomic E-state index is 0.0805. The number of anilines is 2. The van der Waals surface area contributed by atoms with E-state index in [0.717, 1.165) is 12.3 Å². The van der Waals surface area contributed by atoms with Crippen LogP contribution in [-0.2, 0) is 0 Å². The average molecular weight is 269 g/mol. The van der Waals surface area contributed by atoms with Gasteiger partial charge in [0.05, 0.1) is 4.92 Å². The molecule has 98 valence electrons. The zero-order chi connectivity index (χ0) is 13.3. The molecule has 0 bridgehead atoms. The zero-order valence-electron chi connectivity index (χ0n) is 10.2. The molecular weight excluding hydrogens is 254 g/mol. The predicted molar refractivity (Wildman–Crippen MR) is 71.8 cm³/mol. The van der Waals surface area contributed by atoms with Crippen molar-refractivity contribution in [3.63, 3.8) is 0 Å². The molecule has 1 aliphatic rings. The third-order valence-electron chi connectivity index (χ3n) is 3.17. The van der Waals surface area contributed by atoms with Gasteiger partial charge in [-0.2, -0.15) is 11.8 Å². The number of rotatable bonds is 2. The minimum Gasteiger partial charge on any atom is -0.378 e. The lowest BCUT2D eigenvalue weighted by Gasteiger charge is -2.37. The van der Waals surface area contributed by atoms with Gasteiger partial charge in [0, 0.05) is 23.6 Å². The Kier molecular flexibility index (Phi) is 3.55. The molecule has 0 amide bonds. The highest BCUT2D eigenvalue weighted by Crippen LogP contribution is 2.35. The van der Waals surface area contributed by atoms with Crippen molar-refractivity contribution in [1.82, 2.24) is 9.97 Å². The van der Waals surface area contributed by atoms with Crippen LogP contribution in [0.5, 0.6) is 0 Å². The summed E-state index contributed by atoms with van der Waals surface area (Å²) in [7, 11) is 0. The number of hydrogen-bond donors (Lipinski definition) is 1. The standard InChI is InChI=1S/C10H15N5O2S/c1-6-7(2)18-4-3-14(6)10-8(15(16)17)9(11)12-5-13-10/h5-7H,3-4H2,1-2H3,(H2,11,12,13). The molecule has 8 heteroatoms. The van der Waals surface area contributed by atoms with Crippen LogP contribution in [0, 0.1) is 10.1 Å². The summed E-state index contributed by atoms with van der Waals surface area (Å²) >= 11 is 1.86. The Bertz CT molecular complexity index is 470. The summed E-state index contributed by atoms with van der Waals surface area (Å²) in [4.78, 5) is 20.3. The molecular formula is C10H15N5O2S. The summed E-state index contributed by atoms with van der Waals surface area (Å²) in [6, 6.07) is 0.178. The summed E-state index contributed by atoms with van der Waals surface area (Å²) in [5, 5.41) is 11.5. The van der Waals surface area contributed by atoms with Gasteiger partial charge in [-0.15, -0.1) is 0 Å². The highest BCUT2D eigenvalue weighted by Gasteiger charge is 2.32. The number of nitro groups is 1. The second-order valence-electron chi connectivity index (χ2n) is 4.20. The van der Waals surface area contributed by atoms with Crippen molar-refractivity contribution in [3.8, 4) is 0 Å². The summed E-state index contributed by atoms with van der Waals surface area (Å²) < 4.78 is 0. The Morgan fingerprint density at radius 1 is 1.56 bits per heavy atom. The van der Waals surface area contributed by atoms with Crippen LogP contribution in [0.1, 0.15) is 13.8 Å². The lowest BCUT2D eigenvalue weighted by Crippen LogP contribution is -2.45. The molecule has 0 radical (unpaired) electrons. The Morgan fingerprint density at radius 3 is 2.94 bits per heavy atom. The Morgan fingerprint density at radius 2 is 2.28 bits per heavy atom. The van der Waals surface area contributed by atoms with Gasteiger partial charge in [-0.3, -0.25) is 10.1 Å². The molecule has 2 N–H and O–H groups in total. The van der Waals surface area contributed by atoms with Gasteiger partial charge in [0.15, 0.2) is 0 Å². The van der Waals surface area contributed by atoms with Crippen molar-refractivity contribution in [1.29, 1.82) is 0 Å². The molecule has 0 aliphatic carbocycles. The van der Waals surface area contributed by atoms with Crippen LogP contribution in [0.3, 0.4) is 0 Å². The van der Waals surface area contributed by atoms with E-state index in [-0.39, 0.29) is 17.5 Å². The zero-order valence-corrected chi connectivity index (χ0v) is 11.1. The van der Waals surface area contributed by atoms with Crippen molar-refractivity contribution < 1.29 is 4.92 Å². The molecule has 1 fully saturated rings. The van der Waals surface area contributed by atoms with E-state index in [1.165, 1.54) is 6.33 Å². The number of hydrogen-bond acceptors (Lipinski definition) is 7. The van der Waals surface area contributed by atoms with E-state index in [1.807, 2.05) is 23.6 Å². The average Bonchev–Trinajstić information content (AvgIpc) is 2.32. The number of thioether (sulfide) groups is 1. The maximum Gasteiger partial charge on any atom is 0.353 e. The Hall–Kier alpha value is -1.57. The van der Waals surface area contributed by atoms with E-state index < -0.39 is 4.92 Å². The first-order valence-corrected chi connectivity index (χ1v) is 6.70. The topological polar surface area (TPSA) is 98.2 Å². The molecule has 2 atom stereocenters. The monoisotopic (exact) mass is 269 g/mol. The quantitative estimate of drug-likeness (QED) is 0.638. The predicted octanol–water partition coefficient (Wildman–Crippen LogP) is 1.30. The van der Waals surface area contributed by atoms with Crippen molar-refractivity contribution in [3.05, 3.63) is 16.4 Å². The smallest absolute Gasteiger partial charge is 0.353 e. The Labute approximate surface area is 109 Å². The molecule has 0 aromatic carbocycles. The molecule has 1 aromatic heterocycles. The molecule has 1 saturated heterocycles. The third kappa shape index (κ3) is 2.20. The molecule has 0 spiro atoms. The van der Waals surface area contributed by atoms with E-state index in [2.05, 4.69) is 16.9 Å². The minimum atomic E-state index is -0.510. The molecule has 1 aromatic rings. The van der Waals surface area contributed by atoms with Crippen LogP contribution in [-0.4, -0.2) is 38.5 Å². The summed E-state index contributed by atoms with van der Waals surface area (Å²) in [6.07, 6.45) is 1.27. The fourth-order valence-corrected chi connectivity index (χ4v) is 3.10. The van der Waals surface area contributed by atoms with Gasteiger partial charge in [0.2, 0.25) is 11.6 Å². The largest absolute Gasteiger partial charge is 0.378 e. The number of nitrogens with zero attached hydrogens (tertiary/aromatic N) is 4. The highest BCUT2D eigenvalue weighted by molar-refractivity contribution is 8.00. The molecule has 18 heavy (non-hydrogen) atoms. The molecule has 2 heterocycles. The van der Waals surface area contributed by atoms with Crippen LogP contribution in [0.25, 0.3) is 0 Å². The van der Waals surface area contributed by atoms with Crippen LogP contribution in [0.4, 0.5) is 17.3 Å². The van der Waals surface area contributed by atoms with Gasteiger partial charge < -0.3 is 10.6 Å². The third-order valence-corrected chi connectivity index (χ3v) is 4.51. The first kappa shape index (κ1) is 12.9. The van der Waals surface area contributed by atoms with Gasteiger partial charge in [-0.25, -0.2) is 9.97 Å². The highest BCUT2D eigenvalue weighted by atomic mass is 32.2. The van der Waals surface area contributed by atoms with E-state index in [1.54, 1.807) is 0 Å². The molecule has 2 unspecified atom stereocenters. The fraction of sp³-hybridized carbons (Fsp3) is 0.600. The molecule has 1 aliphatic heterocycles. The van der Waals surface area contributed by atoms with Crippen LogP contribution in [0.2, 0.25) is 0 Å². The van der Waals surface area contributed by atoms with Gasteiger partial charge >= 0.3 is 5.69 Å². The van der Waals surface area contributed by atoms with Crippen LogP contribution >= 0.6 is 11.8 Å². The maximum atomic E-state index is 11.1. The number of aromatic nitrogens is 2. The normalized spacial score (nSPS) is 24.0. The van der Waals surface area contributed by atoms with Gasteiger partial charge in [0.25, 0.3) is 0 Å². The van der Waals surface area contributed by atoms with E-state index in [4.69, 9.17) is 5.73 Å². The van der Waals surface area contributed by atoms with Crippen molar-refractivity contribution in [2.75, 3.05) is 22.9 Å². The maximum absolute atomic E-state index is 11.1. The van der Waals surface area contributed by atoms with Crippen molar-refractivity contribution in [2.24, 2.45) is 0 Å². The summed E-state index contributed by atoms with van der Waals surface area (Å²) in [6.45, 7) is 4.88. The van der Waals surface area contributed by atoms with E-state index in [0.29, 0.717) is 11.1 Å². The molecule has 7 nitrogen and oxygen atoms in total. The van der Waals surface area contributed by atoms with E-state index in [9.17, 15) is 10.1 Å². The SMILES string of the molecule is CC1SCCN(c2ncnc(N)c2[N+](=O)[O-])C1C. The first-order valence-electron chi connectivity index (χ1n) is 5.65. The summed E-state index contributed by atoms with van der Waals surface area (Å²) in [5.41, 5.74) is 5.39. The second-order valence-corrected chi connectivity index (χ2v) is 5.68. The van der Waals surface area contributed by atoms with Crippen molar-refractivity contribution >= 4 is 29.1 Å². The number of nitrogen functional groups attached to an aromatic ring is 1. The lowest BCUT2D eigenvalue weighted by atomic mass is 10.2.